The molecule has 0 saturated heterocycles. The number of nitrogens with two attached hydrogens (primary N) is 1. The van der Waals surface area contributed by atoms with Crippen molar-refractivity contribution in [3.05, 3.63) is 47.0 Å². The molecule has 3 rings (SSSR count). The second-order valence-corrected chi connectivity index (χ2v) is 6.01. The Bertz CT molecular complexity index is 812. The lowest BCUT2D eigenvalue weighted by atomic mass is 9.68. The first-order chi connectivity index (χ1) is 11.3. The van der Waals surface area contributed by atoms with Gasteiger partial charge in [0.2, 0.25) is 5.91 Å². The quantitative estimate of drug-likeness (QED) is 0.798. The van der Waals surface area contributed by atoms with E-state index in [0.717, 1.165) is 6.07 Å². The Labute approximate surface area is 136 Å². The molecule has 24 heavy (non-hydrogen) atoms. The van der Waals surface area contributed by atoms with Crippen LogP contribution in [-0.4, -0.2) is 22.0 Å². The predicted octanol–water partition coefficient (Wildman–Crippen LogP) is 2.17. The number of primary amides is 1. The summed E-state index contributed by atoms with van der Waals surface area (Å²) >= 11 is 0. The maximum absolute atomic E-state index is 14.8. The van der Waals surface area contributed by atoms with Crippen LogP contribution in [-0.2, 0) is 10.5 Å². The minimum absolute atomic E-state index is 0.0505. The van der Waals surface area contributed by atoms with E-state index in [1.165, 1.54) is 18.2 Å². The molecule has 0 unspecified atom stereocenters. The number of aromatic nitrogens is 2. The molecule has 0 atom stereocenters. The van der Waals surface area contributed by atoms with E-state index in [4.69, 9.17) is 5.73 Å². The zero-order chi connectivity index (χ0) is 17.5. The first-order valence-electron chi connectivity index (χ1n) is 7.41. The summed E-state index contributed by atoms with van der Waals surface area (Å²) in [6.07, 6.45) is -0.101. The van der Waals surface area contributed by atoms with Gasteiger partial charge >= 0.3 is 0 Å². The normalized spacial score (nSPS) is 22.7. The van der Waals surface area contributed by atoms with Gasteiger partial charge in [-0.2, -0.15) is 5.10 Å². The van der Waals surface area contributed by atoms with Gasteiger partial charge in [0.1, 0.15) is 11.5 Å². The second kappa shape index (κ2) is 5.70. The Hall–Kier alpha value is -2.77. The molecule has 4 N–H and O–H groups in total. The highest BCUT2D eigenvalue weighted by molar-refractivity contribution is 6.03. The number of amides is 2. The number of benzene rings is 1. The molecule has 2 amide bonds. The molecular weight excluding hydrogens is 318 g/mol. The van der Waals surface area contributed by atoms with Crippen molar-refractivity contribution in [3.63, 3.8) is 0 Å². The molecule has 1 heterocycles. The Kier molecular flexibility index (Phi) is 3.82. The van der Waals surface area contributed by atoms with Gasteiger partial charge in [0.15, 0.2) is 5.69 Å². The van der Waals surface area contributed by atoms with Crippen molar-refractivity contribution in [1.29, 1.82) is 0 Å². The van der Waals surface area contributed by atoms with Crippen LogP contribution in [0.3, 0.4) is 0 Å². The number of H-pyrrole nitrogens is 1. The van der Waals surface area contributed by atoms with Gasteiger partial charge in [-0.25, -0.2) is 8.78 Å². The minimum atomic E-state index is -1.72. The lowest BCUT2D eigenvalue weighted by molar-refractivity contribution is -0.129. The second-order valence-electron chi connectivity index (χ2n) is 6.01. The minimum Gasteiger partial charge on any atom is -0.364 e. The summed E-state index contributed by atoms with van der Waals surface area (Å²) in [5, 5.41) is 8.86. The molecule has 126 valence electrons. The fourth-order valence-corrected chi connectivity index (χ4v) is 2.90. The molecule has 8 heteroatoms. The zero-order valence-electron chi connectivity index (χ0n) is 12.9. The van der Waals surface area contributed by atoms with Crippen molar-refractivity contribution < 1.29 is 18.4 Å². The molecule has 1 aliphatic rings. The molecule has 2 aromatic rings. The predicted molar refractivity (Wildman–Crippen MR) is 82.4 cm³/mol. The van der Waals surface area contributed by atoms with Gasteiger partial charge in [0.05, 0.1) is 11.4 Å². The number of nitrogens with zero attached hydrogens (tertiary/aromatic N) is 1. The highest BCUT2D eigenvalue weighted by Gasteiger charge is 2.49. The highest BCUT2D eigenvalue weighted by Crippen LogP contribution is 2.49. The number of hydrogen-bond acceptors (Lipinski definition) is 3. The van der Waals surface area contributed by atoms with Crippen LogP contribution in [0.2, 0.25) is 0 Å². The average Bonchev–Trinajstić information content (AvgIpc) is 2.85. The average molecular weight is 334 g/mol. The first kappa shape index (κ1) is 16.1. The van der Waals surface area contributed by atoms with E-state index in [-0.39, 0.29) is 29.8 Å². The number of carbonyl (C=O) groups is 2. The Morgan fingerprint density at radius 1 is 1.42 bits per heavy atom. The molecule has 1 aromatic heterocycles. The van der Waals surface area contributed by atoms with Gasteiger partial charge < -0.3 is 11.1 Å². The van der Waals surface area contributed by atoms with Crippen molar-refractivity contribution in [1.82, 2.24) is 10.2 Å². The van der Waals surface area contributed by atoms with E-state index >= 15 is 0 Å². The standard InChI is InChI=1S/C16H16F2N4O2/c1-8-12(13(14(19)23)22-21-8)20-15(24)9-6-16(18,7-9)10-3-2-4-11(17)5-10/h2-5,9H,6-7H2,1H3,(H2,19,23)(H,20,24)(H,21,22). The molecule has 0 spiro atoms. The maximum Gasteiger partial charge on any atom is 0.271 e. The molecule has 1 aliphatic carbocycles. The summed E-state index contributed by atoms with van der Waals surface area (Å²) < 4.78 is 28.0. The van der Waals surface area contributed by atoms with Crippen LogP contribution in [0.15, 0.2) is 24.3 Å². The van der Waals surface area contributed by atoms with Gasteiger partial charge in [0, 0.05) is 5.92 Å². The third kappa shape index (κ3) is 2.75. The van der Waals surface area contributed by atoms with Gasteiger partial charge in [-0.15, -0.1) is 0 Å². The van der Waals surface area contributed by atoms with Crippen molar-refractivity contribution in [2.24, 2.45) is 11.7 Å². The summed E-state index contributed by atoms with van der Waals surface area (Å²) in [5.74, 6) is -2.29. The number of halogens is 2. The third-order valence-corrected chi connectivity index (χ3v) is 4.28. The molecule has 0 aliphatic heterocycles. The first-order valence-corrected chi connectivity index (χ1v) is 7.41. The number of anilines is 1. The van der Waals surface area contributed by atoms with Crippen LogP contribution >= 0.6 is 0 Å². The summed E-state index contributed by atoms with van der Waals surface area (Å²) in [4.78, 5) is 23.5. The lowest BCUT2D eigenvalue weighted by Gasteiger charge is -2.40. The molecule has 1 aromatic carbocycles. The Morgan fingerprint density at radius 2 is 2.12 bits per heavy atom. The van der Waals surface area contributed by atoms with Gasteiger partial charge in [0.25, 0.3) is 5.91 Å². The maximum atomic E-state index is 14.8. The monoisotopic (exact) mass is 334 g/mol. The van der Waals surface area contributed by atoms with E-state index in [0.29, 0.717) is 5.69 Å². The van der Waals surface area contributed by atoms with Crippen LogP contribution in [0.4, 0.5) is 14.5 Å². The Balaban J connectivity index is 1.69. The number of carbonyl (C=O) groups excluding carboxylic acids is 2. The molecule has 6 nitrogen and oxygen atoms in total. The highest BCUT2D eigenvalue weighted by atomic mass is 19.1. The van der Waals surface area contributed by atoms with E-state index in [1.54, 1.807) is 6.92 Å². The van der Waals surface area contributed by atoms with Crippen LogP contribution in [0, 0.1) is 18.7 Å². The number of alkyl halides is 1. The fraction of sp³-hybridized carbons (Fsp3) is 0.312. The van der Waals surface area contributed by atoms with E-state index in [9.17, 15) is 18.4 Å². The number of rotatable bonds is 4. The van der Waals surface area contributed by atoms with Crippen LogP contribution in [0.1, 0.15) is 34.6 Å². The summed E-state index contributed by atoms with van der Waals surface area (Å²) in [5.41, 5.74) is 4.31. The van der Waals surface area contributed by atoms with E-state index < -0.39 is 29.2 Å². The summed E-state index contributed by atoms with van der Waals surface area (Å²) in [6.45, 7) is 1.63. The van der Waals surface area contributed by atoms with E-state index in [2.05, 4.69) is 15.5 Å². The number of aromatic amines is 1. The van der Waals surface area contributed by atoms with Gasteiger partial charge in [-0.3, -0.25) is 14.7 Å². The van der Waals surface area contributed by atoms with Crippen molar-refractivity contribution in [2.75, 3.05) is 5.32 Å². The fourth-order valence-electron chi connectivity index (χ4n) is 2.90. The third-order valence-electron chi connectivity index (χ3n) is 4.28. The largest absolute Gasteiger partial charge is 0.364 e. The SMILES string of the molecule is Cc1[nH]nc(C(N)=O)c1NC(=O)C1CC(F)(c2cccc(F)c2)C1. The van der Waals surface area contributed by atoms with Crippen molar-refractivity contribution in [3.8, 4) is 0 Å². The molecule has 1 fully saturated rings. The number of hydrogen-bond donors (Lipinski definition) is 3. The lowest BCUT2D eigenvalue weighted by Crippen LogP contribution is -2.43. The Morgan fingerprint density at radius 3 is 2.75 bits per heavy atom. The smallest absolute Gasteiger partial charge is 0.271 e. The molecule has 0 radical (unpaired) electrons. The zero-order valence-corrected chi connectivity index (χ0v) is 12.9. The summed E-state index contributed by atoms with van der Waals surface area (Å²) in [7, 11) is 0. The number of aryl methyl sites for hydroxylation is 1. The van der Waals surface area contributed by atoms with E-state index in [1.807, 2.05) is 0 Å². The summed E-state index contributed by atoms with van der Waals surface area (Å²) in [6, 6.07) is 5.32. The van der Waals surface area contributed by atoms with Crippen molar-refractivity contribution in [2.45, 2.75) is 25.4 Å². The molecule has 1 saturated carbocycles. The van der Waals surface area contributed by atoms with Crippen LogP contribution in [0.5, 0.6) is 0 Å². The molecule has 0 bridgehead atoms. The topological polar surface area (TPSA) is 101 Å². The number of nitrogens with one attached hydrogen (secondary N) is 2. The molecular formula is C16H16F2N4O2. The van der Waals surface area contributed by atoms with Crippen molar-refractivity contribution >= 4 is 17.5 Å². The van der Waals surface area contributed by atoms with Gasteiger partial charge in [-0.1, -0.05) is 12.1 Å². The van der Waals surface area contributed by atoms with Crippen LogP contribution < -0.4 is 11.1 Å². The van der Waals surface area contributed by atoms with Gasteiger partial charge in [-0.05, 0) is 37.5 Å². The van der Waals surface area contributed by atoms with Crippen LogP contribution in [0.25, 0.3) is 0 Å².